The van der Waals surface area contributed by atoms with Gasteiger partial charge in [0.2, 0.25) is 0 Å². The Labute approximate surface area is 79.0 Å². The van der Waals surface area contributed by atoms with Gasteiger partial charge in [0.1, 0.15) is 5.82 Å². The van der Waals surface area contributed by atoms with E-state index in [1.54, 1.807) is 12.1 Å². The smallest absolute Gasteiger partial charge is 0.123 e. The van der Waals surface area contributed by atoms with Gasteiger partial charge in [-0.2, -0.15) is 0 Å². The summed E-state index contributed by atoms with van der Waals surface area (Å²) in [5.41, 5.74) is 0.975. The van der Waals surface area contributed by atoms with Crippen molar-refractivity contribution in [3.8, 4) is 0 Å². The summed E-state index contributed by atoms with van der Waals surface area (Å²) in [6.45, 7) is 6.43. The maximum atomic E-state index is 12.6. The number of nitrogens with one attached hydrogen (secondary N) is 1. The molecular formula is C11H16FN. The van der Waals surface area contributed by atoms with Crippen LogP contribution in [-0.2, 0) is 0 Å². The molecule has 0 aromatic heterocycles. The summed E-state index contributed by atoms with van der Waals surface area (Å²) in [7, 11) is 0. The van der Waals surface area contributed by atoms with Crippen LogP contribution in [0.25, 0.3) is 0 Å². The second-order valence-corrected chi connectivity index (χ2v) is 3.68. The zero-order valence-electron chi connectivity index (χ0n) is 8.34. The zero-order valence-corrected chi connectivity index (χ0v) is 8.34. The van der Waals surface area contributed by atoms with Crippen LogP contribution in [0.15, 0.2) is 24.3 Å². The van der Waals surface area contributed by atoms with Crippen LogP contribution in [0, 0.1) is 11.7 Å². The highest BCUT2D eigenvalue weighted by Crippen LogP contribution is 2.12. The summed E-state index contributed by atoms with van der Waals surface area (Å²) >= 11 is 0. The first-order valence-electron chi connectivity index (χ1n) is 4.61. The van der Waals surface area contributed by atoms with E-state index in [1.807, 2.05) is 0 Å². The van der Waals surface area contributed by atoms with Crippen molar-refractivity contribution in [2.24, 2.45) is 5.92 Å². The first-order chi connectivity index (χ1) is 6.09. The zero-order chi connectivity index (χ0) is 9.84. The van der Waals surface area contributed by atoms with Crippen molar-refractivity contribution in [3.63, 3.8) is 0 Å². The molecule has 0 saturated heterocycles. The Morgan fingerprint density at radius 2 is 1.62 bits per heavy atom. The molecule has 0 aliphatic rings. The van der Waals surface area contributed by atoms with Crippen LogP contribution in [-0.4, -0.2) is 6.04 Å². The molecule has 0 radical (unpaired) electrons. The van der Waals surface area contributed by atoms with Crippen LogP contribution in [0.2, 0.25) is 0 Å². The van der Waals surface area contributed by atoms with Crippen molar-refractivity contribution in [3.05, 3.63) is 30.1 Å². The van der Waals surface area contributed by atoms with Gasteiger partial charge in [0.05, 0.1) is 0 Å². The molecule has 1 N–H and O–H groups in total. The minimum absolute atomic E-state index is 0.192. The number of hydrogen-bond acceptors (Lipinski definition) is 1. The molecule has 1 nitrogen and oxygen atoms in total. The molecule has 2 heteroatoms. The molecule has 1 rings (SSSR count). The highest BCUT2D eigenvalue weighted by molar-refractivity contribution is 5.43. The Morgan fingerprint density at radius 1 is 1.08 bits per heavy atom. The lowest BCUT2D eigenvalue weighted by Gasteiger charge is -2.18. The quantitative estimate of drug-likeness (QED) is 0.754. The van der Waals surface area contributed by atoms with Gasteiger partial charge in [-0.15, -0.1) is 0 Å². The number of anilines is 1. The van der Waals surface area contributed by atoms with Gasteiger partial charge in [0.15, 0.2) is 0 Å². The van der Waals surface area contributed by atoms with Gasteiger partial charge in [0.25, 0.3) is 0 Å². The van der Waals surface area contributed by atoms with Crippen LogP contribution in [0.5, 0.6) is 0 Å². The van der Waals surface area contributed by atoms with Crippen LogP contribution >= 0.6 is 0 Å². The third-order valence-electron chi connectivity index (χ3n) is 2.24. The second-order valence-electron chi connectivity index (χ2n) is 3.68. The van der Waals surface area contributed by atoms with E-state index < -0.39 is 0 Å². The molecule has 1 aromatic carbocycles. The highest BCUT2D eigenvalue weighted by atomic mass is 19.1. The first-order valence-corrected chi connectivity index (χ1v) is 4.61. The maximum absolute atomic E-state index is 12.6. The fourth-order valence-corrected chi connectivity index (χ4v) is 0.976. The largest absolute Gasteiger partial charge is 0.382 e. The minimum Gasteiger partial charge on any atom is -0.382 e. The van der Waals surface area contributed by atoms with Crippen LogP contribution in [0.4, 0.5) is 10.1 Å². The molecule has 1 atom stereocenters. The third-order valence-corrected chi connectivity index (χ3v) is 2.24. The van der Waals surface area contributed by atoms with E-state index >= 15 is 0 Å². The lowest BCUT2D eigenvalue weighted by atomic mass is 10.1. The Morgan fingerprint density at radius 3 is 2.08 bits per heavy atom. The predicted octanol–water partition coefficient (Wildman–Crippen LogP) is 3.28. The summed E-state index contributed by atoms with van der Waals surface area (Å²) in [5, 5.41) is 3.30. The SMILES string of the molecule is CC(C)C(C)Nc1ccc(F)cc1. The normalized spacial score (nSPS) is 13.0. The predicted molar refractivity (Wildman–Crippen MR) is 54.3 cm³/mol. The molecule has 1 unspecified atom stereocenters. The van der Waals surface area contributed by atoms with E-state index in [2.05, 4.69) is 26.1 Å². The van der Waals surface area contributed by atoms with Crippen LogP contribution in [0.3, 0.4) is 0 Å². The summed E-state index contributed by atoms with van der Waals surface area (Å²) in [6.07, 6.45) is 0. The molecule has 0 amide bonds. The average molecular weight is 181 g/mol. The highest BCUT2D eigenvalue weighted by Gasteiger charge is 2.05. The van der Waals surface area contributed by atoms with Gasteiger partial charge >= 0.3 is 0 Å². The molecule has 72 valence electrons. The fraction of sp³-hybridized carbons (Fsp3) is 0.455. The van der Waals surface area contributed by atoms with Crippen molar-refractivity contribution < 1.29 is 4.39 Å². The van der Waals surface area contributed by atoms with Gasteiger partial charge in [-0.3, -0.25) is 0 Å². The molecule has 0 saturated carbocycles. The fourth-order valence-electron chi connectivity index (χ4n) is 0.976. The van der Waals surface area contributed by atoms with E-state index in [1.165, 1.54) is 12.1 Å². The molecule has 13 heavy (non-hydrogen) atoms. The molecule has 0 aliphatic heterocycles. The number of halogens is 1. The third kappa shape index (κ3) is 3.05. The molecule has 0 fully saturated rings. The van der Waals surface area contributed by atoms with Crippen molar-refractivity contribution in [1.82, 2.24) is 0 Å². The summed E-state index contributed by atoms with van der Waals surface area (Å²) in [4.78, 5) is 0. The Hall–Kier alpha value is -1.05. The molecule has 0 aliphatic carbocycles. The van der Waals surface area contributed by atoms with Crippen molar-refractivity contribution in [2.75, 3.05) is 5.32 Å². The van der Waals surface area contributed by atoms with Gasteiger partial charge in [0, 0.05) is 11.7 Å². The Balaban J connectivity index is 2.59. The Bertz CT molecular complexity index is 253. The minimum atomic E-state index is -0.192. The second kappa shape index (κ2) is 4.26. The maximum Gasteiger partial charge on any atom is 0.123 e. The van der Waals surface area contributed by atoms with Gasteiger partial charge < -0.3 is 5.32 Å². The van der Waals surface area contributed by atoms with E-state index in [-0.39, 0.29) is 5.82 Å². The van der Waals surface area contributed by atoms with Gasteiger partial charge in [-0.05, 0) is 37.1 Å². The van der Waals surface area contributed by atoms with E-state index in [4.69, 9.17) is 0 Å². The average Bonchev–Trinajstić information content (AvgIpc) is 2.08. The molecule has 0 bridgehead atoms. The van der Waals surface area contributed by atoms with Gasteiger partial charge in [-0.1, -0.05) is 13.8 Å². The standard InChI is InChI=1S/C11H16FN/c1-8(2)9(3)13-11-6-4-10(12)5-7-11/h4-9,13H,1-3H3. The number of rotatable bonds is 3. The monoisotopic (exact) mass is 181 g/mol. The Kier molecular flexibility index (Phi) is 3.29. The summed E-state index contributed by atoms with van der Waals surface area (Å²) in [6, 6.07) is 6.86. The number of benzene rings is 1. The van der Waals surface area contributed by atoms with E-state index in [0.717, 1.165) is 5.69 Å². The van der Waals surface area contributed by atoms with E-state index in [9.17, 15) is 4.39 Å². The molecule has 0 heterocycles. The number of hydrogen-bond donors (Lipinski definition) is 1. The molecule has 0 spiro atoms. The lowest BCUT2D eigenvalue weighted by Crippen LogP contribution is -2.21. The van der Waals surface area contributed by atoms with Crippen LogP contribution in [0.1, 0.15) is 20.8 Å². The van der Waals surface area contributed by atoms with Gasteiger partial charge in [-0.25, -0.2) is 4.39 Å². The molecule has 1 aromatic rings. The van der Waals surface area contributed by atoms with Crippen molar-refractivity contribution in [2.45, 2.75) is 26.8 Å². The lowest BCUT2D eigenvalue weighted by molar-refractivity contribution is 0.559. The van der Waals surface area contributed by atoms with Crippen molar-refractivity contribution >= 4 is 5.69 Å². The topological polar surface area (TPSA) is 12.0 Å². The molecular weight excluding hydrogens is 165 g/mol. The van der Waals surface area contributed by atoms with Crippen molar-refractivity contribution in [1.29, 1.82) is 0 Å². The summed E-state index contributed by atoms with van der Waals surface area (Å²) < 4.78 is 12.6. The van der Waals surface area contributed by atoms with E-state index in [0.29, 0.717) is 12.0 Å². The first kappa shape index (κ1) is 10.0. The van der Waals surface area contributed by atoms with Crippen LogP contribution < -0.4 is 5.32 Å². The summed E-state index contributed by atoms with van der Waals surface area (Å²) in [5.74, 6) is 0.382.